The zero-order valence-corrected chi connectivity index (χ0v) is 24.2. The molecule has 1 heterocycles. The van der Waals surface area contributed by atoms with Gasteiger partial charge in [0.05, 0.1) is 35.5 Å². The van der Waals surface area contributed by atoms with E-state index in [4.69, 9.17) is 38.7 Å². The number of rotatable bonds is 7. The van der Waals surface area contributed by atoms with Crippen molar-refractivity contribution >= 4 is 47.0 Å². The Morgan fingerprint density at radius 3 is 2.21 bits per heavy atom. The Labute approximate surface area is 256 Å². The summed E-state index contributed by atoms with van der Waals surface area (Å²) < 4.78 is 45.4. The molecular weight excluding hydrogens is 598 g/mol. The lowest BCUT2D eigenvalue weighted by molar-refractivity contribution is -0.137. The zero-order valence-electron chi connectivity index (χ0n) is 22.7. The lowest BCUT2D eigenvalue weighted by Gasteiger charge is -2.10. The van der Waals surface area contributed by atoms with Crippen molar-refractivity contribution in [3.63, 3.8) is 0 Å². The van der Waals surface area contributed by atoms with E-state index >= 15 is 0 Å². The Morgan fingerprint density at radius 2 is 1.60 bits per heavy atom. The number of nitrogens with two attached hydrogens (primary N) is 1. The largest absolute Gasteiger partial charge is 0.465 e. The van der Waals surface area contributed by atoms with E-state index in [1.807, 2.05) is 47.2 Å². The minimum absolute atomic E-state index is 0.350. The second-order valence-corrected chi connectivity index (χ2v) is 10.5. The number of nitrogens with zero attached hydrogens (tertiary/aromatic N) is 2. The van der Waals surface area contributed by atoms with Crippen molar-refractivity contribution in [2.45, 2.75) is 12.7 Å². The lowest BCUT2D eigenvalue weighted by Crippen LogP contribution is -2.07. The van der Waals surface area contributed by atoms with Crippen LogP contribution in [0.1, 0.15) is 32.9 Å². The Hall–Kier alpha value is -4.53. The number of nitrogen functional groups attached to an aromatic ring is 1. The Morgan fingerprint density at radius 1 is 0.930 bits per heavy atom. The average molecular weight is 622 g/mol. The molecule has 4 aromatic carbocycles. The summed E-state index contributed by atoms with van der Waals surface area (Å²) in [7, 11) is 1.31. The van der Waals surface area contributed by atoms with Crippen LogP contribution in [-0.2, 0) is 17.5 Å². The predicted octanol–water partition coefficient (Wildman–Crippen LogP) is 9.13. The third kappa shape index (κ3) is 6.93. The average Bonchev–Trinajstić information content (AvgIpc) is 3.38. The maximum absolute atomic E-state index is 12.9. The fraction of sp³-hybridized carbons (Fsp3) is 0.0909. The van der Waals surface area contributed by atoms with Gasteiger partial charge in [-0.1, -0.05) is 71.7 Å². The topological polar surface area (TPSA) is 70.1 Å². The quantitative estimate of drug-likeness (QED) is 0.145. The van der Waals surface area contributed by atoms with Crippen LogP contribution in [-0.4, -0.2) is 22.6 Å². The Kier molecular flexibility index (Phi) is 8.62. The van der Waals surface area contributed by atoms with Gasteiger partial charge in [-0.25, -0.2) is 9.78 Å². The molecule has 0 amide bonds. The van der Waals surface area contributed by atoms with Gasteiger partial charge in [-0.3, -0.25) is 0 Å². The van der Waals surface area contributed by atoms with Gasteiger partial charge in [0.1, 0.15) is 5.82 Å². The van der Waals surface area contributed by atoms with Gasteiger partial charge in [-0.2, -0.15) is 13.2 Å². The van der Waals surface area contributed by atoms with Crippen LogP contribution < -0.4 is 5.73 Å². The molecule has 43 heavy (non-hydrogen) atoms. The third-order valence-corrected chi connectivity index (χ3v) is 7.35. The summed E-state index contributed by atoms with van der Waals surface area (Å²) in [6, 6.07) is 22.7. The minimum Gasteiger partial charge on any atom is -0.465 e. The molecule has 0 spiro atoms. The first-order valence-corrected chi connectivity index (χ1v) is 13.7. The number of alkyl halides is 3. The number of carbonyl (C=O) groups is 1. The molecule has 0 unspecified atom stereocenters. The number of imidazole rings is 1. The molecule has 0 aliphatic rings. The molecule has 0 atom stereocenters. The second kappa shape index (κ2) is 12.4. The highest BCUT2D eigenvalue weighted by Gasteiger charge is 2.30. The first-order chi connectivity index (χ1) is 20.5. The van der Waals surface area contributed by atoms with Crippen molar-refractivity contribution in [1.29, 1.82) is 0 Å². The van der Waals surface area contributed by atoms with Crippen LogP contribution in [0.5, 0.6) is 0 Å². The smallest absolute Gasteiger partial charge is 0.416 e. The number of anilines is 1. The van der Waals surface area contributed by atoms with E-state index < -0.39 is 17.7 Å². The van der Waals surface area contributed by atoms with Crippen LogP contribution in [0.2, 0.25) is 10.0 Å². The molecule has 218 valence electrons. The van der Waals surface area contributed by atoms with E-state index in [0.29, 0.717) is 50.5 Å². The molecule has 5 rings (SSSR count). The number of methoxy groups -OCH3 is 1. The van der Waals surface area contributed by atoms with Gasteiger partial charge in [0.15, 0.2) is 0 Å². The SMILES string of the molecule is COC(=O)c1ccc(Cn2cc(-c3ccc(Cl)cc3Cl)nc2/C=C/c2ccc(-c3ccc(C(F)(F)F)cc3)cc2)c(N)c1. The van der Waals surface area contributed by atoms with E-state index in [2.05, 4.69) is 0 Å². The van der Waals surface area contributed by atoms with Crippen LogP contribution in [0, 0.1) is 0 Å². The summed E-state index contributed by atoms with van der Waals surface area (Å²) in [6.45, 7) is 0.359. The van der Waals surface area contributed by atoms with Gasteiger partial charge in [0.2, 0.25) is 0 Å². The number of carbonyl (C=O) groups excluding carboxylic acids is 1. The molecule has 10 heteroatoms. The molecule has 0 bridgehead atoms. The molecule has 0 aliphatic heterocycles. The standard InChI is InChI=1S/C33H24Cl2F3N3O2/c1-43-32(42)23-7-8-24(29(39)16-23)18-41-19-30(27-14-13-26(34)17-28(27)35)40-31(41)15-4-20-2-5-21(6-3-20)22-9-11-25(12-10-22)33(36,37)38/h2-17,19H,18,39H2,1H3/b15-4+. The number of benzene rings is 4. The van der Waals surface area contributed by atoms with E-state index in [0.717, 1.165) is 28.8 Å². The fourth-order valence-corrected chi connectivity index (χ4v) is 5.00. The molecule has 0 radical (unpaired) electrons. The van der Waals surface area contributed by atoms with E-state index in [1.54, 1.807) is 36.4 Å². The summed E-state index contributed by atoms with van der Waals surface area (Å²) in [5.74, 6) is 0.137. The molecule has 0 saturated heterocycles. The van der Waals surface area contributed by atoms with Crippen LogP contribution in [0.25, 0.3) is 34.5 Å². The third-order valence-electron chi connectivity index (χ3n) is 6.80. The highest BCUT2D eigenvalue weighted by atomic mass is 35.5. The van der Waals surface area contributed by atoms with Gasteiger partial charge in [-0.05, 0) is 70.8 Å². The molecule has 0 fully saturated rings. The first kappa shape index (κ1) is 29.9. The number of halogens is 5. The Balaban J connectivity index is 1.44. The summed E-state index contributed by atoms with van der Waals surface area (Å²) in [5.41, 5.74) is 10.8. The number of hydrogen-bond donors (Lipinski definition) is 1. The maximum Gasteiger partial charge on any atom is 0.416 e. The molecule has 2 N–H and O–H groups in total. The predicted molar refractivity (Wildman–Crippen MR) is 165 cm³/mol. The van der Waals surface area contributed by atoms with Gasteiger partial charge in [0.25, 0.3) is 0 Å². The summed E-state index contributed by atoms with van der Waals surface area (Å²) in [6.07, 6.45) is 1.21. The van der Waals surface area contributed by atoms with Gasteiger partial charge in [0, 0.05) is 22.5 Å². The van der Waals surface area contributed by atoms with Gasteiger partial charge < -0.3 is 15.0 Å². The van der Waals surface area contributed by atoms with E-state index in [-0.39, 0.29) is 0 Å². The van der Waals surface area contributed by atoms with Gasteiger partial charge >= 0.3 is 12.1 Å². The molecule has 5 aromatic rings. The van der Waals surface area contributed by atoms with Gasteiger partial charge in [-0.15, -0.1) is 0 Å². The second-order valence-electron chi connectivity index (χ2n) is 9.67. The number of ether oxygens (including phenoxy) is 1. The van der Waals surface area contributed by atoms with Crippen molar-refractivity contribution in [1.82, 2.24) is 9.55 Å². The van der Waals surface area contributed by atoms with Crippen LogP contribution in [0.3, 0.4) is 0 Å². The summed E-state index contributed by atoms with van der Waals surface area (Å²) in [4.78, 5) is 16.7. The number of esters is 1. The van der Waals surface area contributed by atoms with Crippen LogP contribution in [0.4, 0.5) is 18.9 Å². The van der Waals surface area contributed by atoms with Crippen molar-refractivity contribution < 1.29 is 22.7 Å². The lowest BCUT2D eigenvalue weighted by atomic mass is 10.0. The van der Waals surface area contributed by atoms with E-state index in [9.17, 15) is 18.0 Å². The normalized spacial score (nSPS) is 11.7. The first-order valence-electron chi connectivity index (χ1n) is 13.0. The monoisotopic (exact) mass is 621 g/mol. The van der Waals surface area contributed by atoms with Crippen LogP contribution >= 0.6 is 23.2 Å². The van der Waals surface area contributed by atoms with Crippen molar-refractivity contribution in [2.24, 2.45) is 0 Å². The molecular formula is C33H24Cl2F3N3O2. The van der Waals surface area contributed by atoms with E-state index in [1.165, 1.54) is 19.2 Å². The minimum atomic E-state index is -4.38. The highest BCUT2D eigenvalue weighted by molar-refractivity contribution is 6.36. The van der Waals surface area contributed by atoms with Crippen molar-refractivity contribution in [3.8, 4) is 22.4 Å². The maximum atomic E-state index is 12.9. The van der Waals surface area contributed by atoms with Crippen LogP contribution in [0.15, 0.2) is 91.1 Å². The fourth-order valence-electron chi connectivity index (χ4n) is 4.49. The van der Waals surface area contributed by atoms with Crippen molar-refractivity contribution in [3.05, 3.63) is 129 Å². The summed E-state index contributed by atoms with van der Waals surface area (Å²) >= 11 is 12.6. The molecule has 0 saturated carbocycles. The zero-order chi connectivity index (χ0) is 30.7. The highest BCUT2D eigenvalue weighted by Crippen LogP contribution is 2.32. The molecule has 1 aromatic heterocycles. The number of aromatic nitrogens is 2. The molecule has 0 aliphatic carbocycles. The van der Waals surface area contributed by atoms with Crippen molar-refractivity contribution in [2.75, 3.05) is 12.8 Å². The number of hydrogen-bond acceptors (Lipinski definition) is 4. The Bertz CT molecular complexity index is 1810. The summed E-state index contributed by atoms with van der Waals surface area (Å²) in [5, 5.41) is 0.958. The molecule has 5 nitrogen and oxygen atoms in total.